The molecule has 12 heavy (non-hydrogen) atoms. The Morgan fingerprint density at radius 2 is 1.50 bits per heavy atom. The zero-order valence-electron chi connectivity index (χ0n) is 7.31. The first-order valence-electron chi connectivity index (χ1n) is 3.82. The minimum absolute atomic E-state index is 0.0960. The normalized spacial score (nSPS) is 7.67. The molecule has 0 radical (unpaired) electrons. The molecule has 0 fully saturated rings. The lowest BCUT2D eigenvalue weighted by atomic mass is 10.3. The van der Waals surface area contributed by atoms with E-state index < -0.39 is 0 Å². The minimum atomic E-state index is 0.0960. The third kappa shape index (κ3) is 2.94. The SMILES string of the molecule is CCNC(NCC)=C(C#N)C#N. The molecule has 0 aromatic heterocycles. The Morgan fingerprint density at radius 1 is 1.08 bits per heavy atom. The number of nitrogens with one attached hydrogen (secondary N) is 2. The molecule has 0 bridgehead atoms. The molecule has 0 spiro atoms. The largest absolute Gasteiger partial charge is 0.370 e. The van der Waals surface area contributed by atoms with Crippen molar-refractivity contribution in [1.29, 1.82) is 10.5 Å². The van der Waals surface area contributed by atoms with Crippen molar-refractivity contribution in [2.45, 2.75) is 13.8 Å². The molecule has 0 aliphatic rings. The van der Waals surface area contributed by atoms with E-state index in [2.05, 4.69) is 10.6 Å². The second kappa shape index (κ2) is 6.06. The summed E-state index contributed by atoms with van der Waals surface area (Å²) < 4.78 is 0. The minimum Gasteiger partial charge on any atom is -0.370 e. The summed E-state index contributed by atoms with van der Waals surface area (Å²) in [5.41, 5.74) is 0.0960. The summed E-state index contributed by atoms with van der Waals surface area (Å²) in [7, 11) is 0. The van der Waals surface area contributed by atoms with Gasteiger partial charge in [0.05, 0.1) is 0 Å². The van der Waals surface area contributed by atoms with Crippen molar-refractivity contribution in [3.05, 3.63) is 11.4 Å². The van der Waals surface area contributed by atoms with E-state index in [0.717, 1.165) is 0 Å². The Kier molecular flexibility index (Phi) is 5.21. The fraction of sp³-hybridized carbons (Fsp3) is 0.500. The van der Waals surface area contributed by atoms with Crippen LogP contribution in [0.3, 0.4) is 0 Å². The van der Waals surface area contributed by atoms with Crippen LogP contribution in [0.1, 0.15) is 13.8 Å². The number of allylic oxidation sites excluding steroid dienone is 1. The van der Waals surface area contributed by atoms with Crippen molar-refractivity contribution >= 4 is 0 Å². The standard InChI is InChI=1S/C8H12N4/c1-3-11-8(12-4-2)7(5-9)6-10/h11-12H,3-4H2,1-2H3. The van der Waals surface area contributed by atoms with Crippen molar-refractivity contribution in [2.75, 3.05) is 13.1 Å². The zero-order chi connectivity index (χ0) is 9.40. The van der Waals surface area contributed by atoms with E-state index in [1.165, 1.54) is 0 Å². The molecule has 0 rings (SSSR count). The Bertz CT molecular complexity index is 217. The first-order valence-corrected chi connectivity index (χ1v) is 3.82. The van der Waals surface area contributed by atoms with Crippen LogP contribution in [0.5, 0.6) is 0 Å². The van der Waals surface area contributed by atoms with E-state index >= 15 is 0 Å². The van der Waals surface area contributed by atoms with Crippen molar-refractivity contribution in [2.24, 2.45) is 0 Å². The molecule has 0 unspecified atom stereocenters. The van der Waals surface area contributed by atoms with Crippen LogP contribution in [0, 0.1) is 22.7 Å². The highest BCUT2D eigenvalue weighted by Gasteiger charge is 2.02. The summed E-state index contributed by atoms with van der Waals surface area (Å²) >= 11 is 0. The van der Waals surface area contributed by atoms with Gasteiger partial charge in [0.1, 0.15) is 18.0 Å². The molecule has 64 valence electrons. The van der Waals surface area contributed by atoms with Gasteiger partial charge in [-0.1, -0.05) is 0 Å². The van der Waals surface area contributed by atoms with Gasteiger partial charge in [-0.2, -0.15) is 10.5 Å². The topological polar surface area (TPSA) is 71.6 Å². The van der Waals surface area contributed by atoms with Gasteiger partial charge < -0.3 is 10.6 Å². The predicted molar refractivity (Wildman–Crippen MR) is 45.6 cm³/mol. The number of hydrogen-bond acceptors (Lipinski definition) is 4. The maximum atomic E-state index is 8.54. The van der Waals surface area contributed by atoms with Gasteiger partial charge in [-0.25, -0.2) is 0 Å². The van der Waals surface area contributed by atoms with E-state index in [9.17, 15) is 0 Å². The molecule has 4 nitrogen and oxygen atoms in total. The third-order valence-electron chi connectivity index (χ3n) is 1.18. The number of nitriles is 2. The molecule has 4 heteroatoms. The quantitative estimate of drug-likeness (QED) is 0.592. The smallest absolute Gasteiger partial charge is 0.169 e. The predicted octanol–water partition coefficient (Wildman–Crippen LogP) is 0.464. The third-order valence-corrected chi connectivity index (χ3v) is 1.18. The van der Waals surface area contributed by atoms with Crippen molar-refractivity contribution in [3.63, 3.8) is 0 Å². The number of nitrogens with zero attached hydrogens (tertiary/aromatic N) is 2. The molecule has 0 amide bonds. The summed E-state index contributed by atoms with van der Waals surface area (Å²) in [6.07, 6.45) is 0. The Balaban J connectivity index is 4.57. The number of rotatable bonds is 4. The van der Waals surface area contributed by atoms with Crippen LogP contribution in [-0.4, -0.2) is 13.1 Å². The zero-order valence-corrected chi connectivity index (χ0v) is 7.31. The van der Waals surface area contributed by atoms with Crippen LogP contribution in [-0.2, 0) is 0 Å². The first kappa shape index (κ1) is 10.3. The van der Waals surface area contributed by atoms with Crippen LogP contribution >= 0.6 is 0 Å². The molecule has 2 N–H and O–H groups in total. The fourth-order valence-corrected chi connectivity index (χ4v) is 0.730. The number of hydrogen-bond donors (Lipinski definition) is 2. The van der Waals surface area contributed by atoms with E-state index in [1.54, 1.807) is 0 Å². The Morgan fingerprint density at radius 3 is 1.75 bits per heavy atom. The summed E-state index contributed by atoms with van der Waals surface area (Å²) in [6, 6.07) is 3.63. The molecule has 0 atom stereocenters. The molecule has 0 aliphatic carbocycles. The molecule has 0 aromatic rings. The lowest BCUT2D eigenvalue weighted by Gasteiger charge is -2.09. The molecular weight excluding hydrogens is 152 g/mol. The summed E-state index contributed by atoms with van der Waals surface area (Å²) in [4.78, 5) is 0. The van der Waals surface area contributed by atoms with Crippen molar-refractivity contribution in [1.82, 2.24) is 10.6 Å². The highest BCUT2D eigenvalue weighted by molar-refractivity contribution is 5.38. The van der Waals surface area contributed by atoms with Gasteiger partial charge in [-0.3, -0.25) is 0 Å². The van der Waals surface area contributed by atoms with Crippen LogP contribution in [0.2, 0.25) is 0 Å². The molecular formula is C8H12N4. The second-order valence-corrected chi connectivity index (χ2v) is 2.03. The lowest BCUT2D eigenvalue weighted by molar-refractivity contribution is 0.716. The summed E-state index contributed by atoms with van der Waals surface area (Å²) in [5, 5.41) is 22.9. The lowest BCUT2D eigenvalue weighted by Crippen LogP contribution is -2.27. The van der Waals surface area contributed by atoms with Gasteiger partial charge >= 0.3 is 0 Å². The van der Waals surface area contributed by atoms with Gasteiger partial charge in [0.2, 0.25) is 0 Å². The van der Waals surface area contributed by atoms with Gasteiger partial charge in [0.15, 0.2) is 5.57 Å². The monoisotopic (exact) mass is 164 g/mol. The molecule has 0 heterocycles. The van der Waals surface area contributed by atoms with Crippen LogP contribution < -0.4 is 10.6 Å². The van der Waals surface area contributed by atoms with E-state index in [0.29, 0.717) is 18.9 Å². The van der Waals surface area contributed by atoms with E-state index in [-0.39, 0.29) is 5.57 Å². The van der Waals surface area contributed by atoms with Crippen LogP contribution in [0.15, 0.2) is 11.4 Å². The maximum Gasteiger partial charge on any atom is 0.169 e. The average molecular weight is 164 g/mol. The summed E-state index contributed by atoms with van der Waals surface area (Å²) in [5.74, 6) is 0.519. The van der Waals surface area contributed by atoms with Gasteiger partial charge in [0, 0.05) is 13.1 Å². The van der Waals surface area contributed by atoms with Gasteiger partial charge in [0.25, 0.3) is 0 Å². The van der Waals surface area contributed by atoms with Crippen molar-refractivity contribution in [3.8, 4) is 12.1 Å². The Hall–Kier alpha value is -1.68. The molecule has 0 saturated carbocycles. The van der Waals surface area contributed by atoms with Crippen LogP contribution in [0.4, 0.5) is 0 Å². The van der Waals surface area contributed by atoms with E-state index in [1.807, 2.05) is 26.0 Å². The average Bonchev–Trinajstić information content (AvgIpc) is 2.07. The highest BCUT2D eigenvalue weighted by Crippen LogP contribution is 1.94. The van der Waals surface area contributed by atoms with Gasteiger partial charge in [-0.15, -0.1) is 0 Å². The second-order valence-electron chi connectivity index (χ2n) is 2.03. The Labute approximate surface area is 72.5 Å². The summed E-state index contributed by atoms with van der Waals surface area (Å²) in [6.45, 7) is 5.19. The van der Waals surface area contributed by atoms with E-state index in [4.69, 9.17) is 10.5 Å². The molecule has 0 aromatic carbocycles. The maximum absolute atomic E-state index is 8.54. The fourth-order valence-electron chi connectivity index (χ4n) is 0.730. The molecule has 0 aliphatic heterocycles. The van der Waals surface area contributed by atoms with Crippen LogP contribution in [0.25, 0.3) is 0 Å². The highest BCUT2D eigenvalue weighted by atomic mass is 15.1. The van der Waals surface area contributed by atoms with Gasteiger partial charge in [-0.05, 0) is 13.8 Å². The molecule has 0 saturated heterocycles. The van der Waals surface area contributed by atoms with Crippen molar-refractivity contribution < 1.29 is 0 Å². The first-order chi connectivity index (χ1) is 5.79.